The molecule has 1 fully saturated rings. The van der Waals surface area contributed by atoms with Crippen molar-refractivity contribution in [2.45, 2.75) is 46.6 Å². The van der Waals surface area contributed by atoms with Crippen LogP contribution in [-0.2, 0) is 4.74 Å². The number of amides is 2. The van der Waals surface area contributed by atoms with Gasteiger partial charge in [0, 0.05) is 49.1 Å². The molecule has 36 heavy (non-hydrogen) atoms. The van der Waals surface area contributed by atoms with Gasteiger partial charge in [0.15, 0.2) is 0 Å². The molecular formula is C28H36FN3O4. The van der Waals surface area contributed by atoms with Crippen LogP contribution in [0.25, 0.3) is 5.57 Å². The summed E-state index contributed by atoms with van der Waals surface area (Å²) in [5.41, 5.74) is 2.75. The zero-order chi connectivity index (χ0) is 26.5. The summed E-state index contributed by atoms with van der Waals surface area (Å²) in [4.78, 5) is 28.6. The Morgan fingerprint density at radius 1 is 1.08 bits per heavy atom. The Kier molecular flexibility index (Phi) is 8.61. The van der Waals surface area contributed by atoms with E-state index in [4.69, 9.17) is 9.47 Å². The van der Waals surface area contributed by atoms with Crippen molar-refractivity contribution in [1.29, 1.82) is 0 Å². The second-order valence-electron chi connectivity index (χ2n) is 9.66. The maximum Gasteiger partial charge on any atom is 0.410 e. The summed E-state index contributed by atoms with van der Waals surface area (Å²) in [6.45, 7) is 11.3. The van der Waals surface area contributed by atoms with E-state index in [1.807, 2.05) is 50.8 Å². The van der Waals surface area contributed by atoms with Crippen LogP contribution in [0.2, 0.25) is 0 Å². The van der Waals surface area contributed by atoms with Gasteiger partial charge in [0.1, 0.15) is 17.2 Å². The first-order valence-corrected chi connectivity index (χ1v) is 12.2. The van der Waals surface area contributed by atoms with Gasteiger partial charge in [0.25, 0.3) is 5.91 Å². The van der Waals surface area contributed by atoms with E-state index in [2.05, 4.69) is 12.2 Å². The summed E-state index contributed by atoms with van der Waals surface area (Å²) in [6.07, 6.45) is 2.54. The molecule has 0 atom stereocenters. The van der Waals surface area contributed by atoms with Crippen molar-refractivity contribution in [3.05, 3.63) is 59.4 Å². The van der Waals surface area contributed by atoms with Crippen molar-refractivity contribution in [3.63, 3.8) is 0 Å². The minimum atomic E-state index is -0.561. The highest BCUT2D eigenvalue weighted by Gasteiger charge is 2.27. The summed E-state index contributed by atoms with van der Waals surface area (Å²) < 4.78 is 25.9. The van der Waals surface area contributed by atoms with E-state index >= 15 is 0 Å². The van der Waals surface area contributed by atoms with Crippen molar-refractivity contribution < 1.29 is 23.5 Å². The van der Waals surface area contributed by atoms with Crippen LogP contribution in [0.5, 0.6) is 5.75 Å². The van der Waals surface area contributed by atoms with Gasteiger partial charge in [-0.05, 0) is 70.0 Å². The second kappa shape index (κ2) is 11.5. The highest BCUT2D eigenvalue weighted by Crippen LogP contribution is 2.31. The van der Waals surface area contributed by atoms with Crippen molar-refractivity contribution in [1.82, 2.24) is 4.90 Å². The topological polar surface area (TPSA) is 71.1 Å². The average Bonchev–Trinajstić information content (AvgIpc) is 2.84. The van der Waals surface area contributed by atoms with Crippen LogP contribution in [0.1, 0.15) is 57.0 Å². The van der Waals surface area contributed by atoms with Crippen molar-refractivity contribution in [2.24, 2.45) is 0 Å². The molecule has 0 unspecified atom stereocenters. The van der Waals surface area contributed by atoms with Gasteiger partial charge in [-0.25, -0.2) is 9.18 Å². The van der Waals surface area contributed by atoms with Crippen molar-refractivity contribution >= 4 is 28.9 Å². The van der Waals surface area contributed by atoms with Crippen LogP contribution < -0.4 is 15.0 Å². The molecule has 2 aromatic rings. The molecule has 194 valence electrons. The number of anilines is 2. The fourth-order valence-corrected chi connectivity index (χ4v) is 4.15. The SMILES string of the molecule is C/C=C(\CC)c1ccc(NC(=O)c2ccc(N3CCN(C(=O)OC(C)(C)C)CC3)c(F)c2)cc1OC. The Balaban J connectivity index is 1.66. The molecule has 0 spiro atoms. The number of halogens is 1. The van der Waals surface area contributed by atoms with Gasteiger partial charge < -0.3 is 24.6 Å². The standard InChI is InChI=1S/C28H36FN3O4/c1-7-19(8-2)22-11-10-21(18-25(22)35-6)30-26(33)20-9-12-24(23(29)17-20)31-13-15-32(16-14-31)27(34)36-28(3,4)5/h7,9-12,17-18H,8,13-16H2,1-6H3,(H,30,33)/b19-7+. The smallest absolute Gasteiger partial charge is 0.410 e. The normalized spacial score (nSPS) is 14.5. The third-order valence-corrected chi connectivity index (χ3v) is 6.02. The quantitative estimate of drug-likeness (QED) is 0.533. The van der Waals surface area contributed by atoms with Crippen LogP contribution in [-0.4, -0.2) is 55.8 Å². The van der Waals surface area contributed by atoms with Crippen LogP contribution >= 0.6 is 0 Å². The molecule has 2 aromatic carbocycles. The molecule has 8 heteroatoms. The molecule has 1 saturated heterocycles. The van der Waals surface area contributed by atoms with Crippen molar-refractivity contribution in [2.75, 3.05) is 43.5 Å². The number of allylic oxidation sites excluding steroid dienone is 2. The monoisotopic (exact) mass is 497 g/mol. The van der Waals surface area contributed by atoms with Crippen LogP contribution in [0, 0.1) is 5.82 Å². The average molecular weight is 498 g/mol. The third-order valence-electron chi connectivity index (χ3n) is 6.02. The number of carbonyl (C=O) groups is 2. The summed E-state index contributed by atoms with van der Waals surface area (Å²) in [5.74, 6) is -0.233. The molecule has 0 radical (unpaired) electrons. The predicted molar refractivity (Wildman–Crippen MR) is 141 cm³/mol. The number of methoxy groups -OCH3 is 1. The number of nitrogens with zero attached hydrogens (tertiary/aromatic N) is 2. The lowest BCUT2D eigenvalue weighted by Crippen LogP contribution is -2.50. The van der Waals surface area contributed by atoms with Crippen LogP contribution in [0.3, 0.4) is 0 Å². The number of hydrogen-bond donors (Lipinski definition) is 1. The van der Waals surface area contributed by atoms with Gasteiger partial charge in [-0.15, -0.1) is 0 Å². The number of hydrogen-bond acceptors (Lipinski definition) is 5. The van der Waals surface area contributed by atoms with Gasteiger partial charge in [-0.1, -0.05) is 13.0 Å². The lowest BCUT2D eigenvalue weighted by molar-refractivity contribution is 0.0240. The Hall–Kier alpha value is -3.55. The number of carbonyl (C=O) groups excluding carboxylic acids is 2. The van der Waals surface area contributed by atoms with E-state index in [0.717, 1.165) is 17.6 Å². The van der Waals surface area contributed by atoms with E-state index in [0.29, 0.717) is 43.3 Å². The Bertz CT molecular complexity index is 1130. The molecule has 0 bridgehead atoms. The third kappa shape index (κ3) is 6.56. The Morgan fingerprint density at radius 3 is 2.33 bits per heavy atom. The molecule has 2 amide bonds. The molecular weight excluding hydrogens is 461 g/mol. The minimum Gasteiger partial charge on any atom is -0.496 e. The summed E-state index contributed by atoms with van der Waals surface area (Å²) in [5, 5.41) is 2.82. The fourth-order valence-electron chi connectivity index (χ4n) is 4.15. The van der Waals surface area contributed by atoms with Crippen LogP contribution in [0.4, 0.5) is 20.6 Å². The summed E-state index contributed by atoms with van der Waals surface area (Å²) in [6, 6.07) is 9.94. The Labute approximate surface area is 212 Å². The molecule has 1 heterocycles. The largest absolute Gasteiger partial charge is 0.496 e. The van der Waals surface area contributed by atoms with E-state index < -0.39 is 17.3 Å². The summed E-state index contributed by atoms with van der Waals surface area (Å²) >= 11 is 0. The molecule has 0 aliphatic carbocycles. The van der Waals surface area contributed by atoms with Gasteiger partial charge in [0.2, 0.25) is 0 Å². The number of benzene rings is 2. The zero-order valence-corrected chi connectivity index (χ0v) is 22.0. The van der Waals surface area contributed by atoms with E-state index in [1.165, 1.54) is 6.07 Å². The first-order chi connectivity index (χ1) is 17.1. The van der Waals surface area contributed by atoms with Gasteiger partial charge in [-0.2, -0.15) is 0 Å². The first kappa shape index (κ1) is 27.0. The lowest BCUT2D eigenvalue weighted by Gasteiger charge is -2.36. The fraction of sp³-hybridized carbons (Fsp3) is 0.429. The minimum absolute atomic E-state index is 0.217. The molecule has 3 rings (SSSR count). The number of ether oxygens (including phenoxy) is 2. The van der Waals surface area contributed by atoms with E-state index in [1.54, 1.807) is 30.2 Å². The number of rotatable bonds is 6. The molecule has 1 aliphatic heterocycles. The first-order valence-electron chi connectivity index (χ1n) is 12.2. The zero-order valence-electron chi connectivity index (χ0n) is 22.0. The maximum absolute atomic E-state index is 15.0. The van der Waals surface area contributed by atoms with Gasteiger partial charge in [0.05, 0.1) is 12.8 Å². The lowest BCUT2D eigenvalue weighted by atomic mass is 10.0. The molecule has 0 saturated carbocycles. The maximum atomic E-state index is 15.0. The van der Waals surface area contributed by atoms with Crippen LogP contribution in [0.15, 0.2) is 42.5 Å². The van der Waals surface area contributed by atoms with E-state index in [9.17, 15) is 14.0 Å². The Morgan fingerprint density at radius 2 is 1.78 bits per heavy atom. The predicted octanol–water partition coefficient (Wildman–Crippen LogP) is 5.96. The number of piperazine rings is 1. The molecule has 1 N–H and O–H groups in total. The van der Waals surface area contributed by atoms with Crippen molar-refractivity contribution in [3.8, 4) is 5.75 Å². The number of nitrogens with one attached hydrogen (secondary N) is 1. The highest BCUT2D eigenvalue weighted by molar-refractivity contribution is 6.04. The highest BCUT2D eigenvalue weighted by atomic mass is 19.1. The molecule has 7 nitrogen and oxygen atoms in total. The van der Waals surface area contributed by atoms with Gasteiger partial charge in [-0.3, -0.25) is 4.79 Å². The molecule has 0 aromatic heterocycles. The van der Waals surface area contributed by atoms with E-state index in [-0.39, 0.29) is 11.7 Å². The van der Waals surface area contributed by atoms with Gasteiger partial charge >= 0.3 is 6.09 Å². The summed E-state index contributed by atoms with van der Waals surface area (Å²) in [7, 11) is 1.59. The second-order valence-corrected chi connectivity index (χ2v) is 9.66. The molecule has 1 aliphatic rings.